The van der Waals surface area contributed by atoms with Gasteiger partial charge in [-0.2, -0.15) is 5.10 Å². The Balaban J connectivity index is 2.28. The number of urea groups is 1. The fraction of sp³-hybridized carbons (Fsp3) is 0.556. The van der Waals surface area contributed by atoms with Crippen LogP contribution in [0.4, 0.5) is 4.79 Å². The molecule has 3 N–H and O–H groups in total. The van der Waals surface area contributed by atoms with Crippen molar-refractivity contribution in [2.45, 2.75) is 32.1 Å². The van der Waals surface area contributed by atoms with Crippen molar-refractivity contribution in [2.75, 3.05) is 0 Å². The number of hydrogen-bond acceptors (Lipinski definition) is 2. The molecule has 1 aliphatic carbocycles. The third-order valence-corrected chi connectivity index (χ3v) is 2.06. The average Bonchev–Trinajstić information content (AvgIpc) is 2.14. The van der Waals surface area contributed by atoms with Crippen LogP contribution in [-0.4, -0.2) is 12.2 Å². The Morgan fingerprint density at radius 2 is 2.08 bits per heavy atom. The highest BCUT2D eigenvalue weighted by atomic mass is 16.2. The van der Waals surface area contributed by atoms with Crippen molar-refractivity contribution in [3.05, 3.63) is 11.6 Å². The van der Waals surface area contributed by atoms with E-state index in [4.69, 9.17) is 5.73 Å². The van der Waals surface area contributed by atoms with Gasteiger partial charge in [-0.1, -0.05) is 12.0 Å². The number of primary amides is 1. The standard InChI is InChI=1S/C9H15N3O/c10-9(13)12-11-7-6-8-4-2-1-3-5-8/h6-7H,1-5H2,(H3,10,12,13). The van der Waals surface area contributed by atoms with Crippen molar-refractivity contribution in [1.29, 1.82) is 0 Å². The molecular formula is C9H15N3O. The van der Waals surface area contributed by atoms with Crippen molar-refractivity contribution in [2.24, 2.45) is 10.8 Å². The summed E-state index contributed by atoms with van der Waals surface area (Å²) in [7, 11) is 0. The quantitative estimate of drug-likeness (QED) is 0.492. The van der Waals surface area contributed by atoms with Gasteiger partial charge in [-0.3, -0.25) is 0 Å². The van der Waals surface area contributed by atoms with Crippen LogP contribution in [0.5, 0.6) is 0 Å². The Morgan fingerprint density at radius 3 is 2.69 bits per heavy atom. The zero-order chi connectivity index (χ0) is 9.52. The molecule has 0 radical (unpaired) electrons. The van der Waals surface area contributed by atoms with Crippen molar-refractivity contribution in [3.63, 3.8) is 0 Å². The van der Waals surface area contributed by atoms with E-state index in [2.05, 4.69) is 10.5 Å². The SMILES string of the molecule is NC(=O)NN=CC=C1CCCCC1. The number of carbonyl (C=O) groups excluding carboxylic acids is 1. The minimum Gasteiger partial charge on any atom is -0.350 e. The van der Waals surface area contributed by atoms with E-state index in [-0.39, 0.29) is 0 Å². The summed E-state index contributed by atoms with van der Waals surface area (Å²) in [4.78, 5) is 10.2. The van der Waals surface area contributed by atoms with Gasteiger partial charge in [-0.15, -0.1) is 0 Å². The van der Waals surface area contributed by atoms with Gasteiger partial charge in [0.25, 0.3) is 0 Å². The molecule has 0 aromatic rings. The van der Waals surface area contributed by atoms with Crippen LogP contribution in [0.3, 0.4) is 0 Å². The van der Waals surface area contributed by atoms with Crippen LogP contribution in [0.2, 0.25) is 0 Å². The van der Waals surface area contributed by atoms with Crippen LogP contribution in [-0.2, 0) is 0 Å². The van der Waals surface area contributed by atoms with Crippen LogP contribution < -0.4 is 11.2 Å². The molecule has 1 aliphatic rings. The molecule has 1 saturated carbocycles. The second-order valence-electron chi connectivity index (χ2n) is 3.14. The van der Waals surface area contributed by atoms with Crippen molar-refractivity contribution >= 4 is 12.2 Å². The molecule has 4 heteroatoms. The first-order valence-corrected chi connectivity index (χ1v) is 4.55. The van der Waals surface area contributed by atoms with Gasteiger partial charge < -0.3 is 5.73 Å². The molecule has 2 amide bonds. The fourth-order valence-electron chi connectivity index (χ4n) is 1.42. The van der Waals surface area contributed by atoms with Crippen LogP contribution >= 0.6 is 0 Å². The van der Waals surface area contributed by atoms with E-state index < -0.39 is 6.03 Å². The third kappa shape index (κ3) is 4.30. The smallest absolute Gasteiger partial charge is 0.332 e. The van der Waals surface area contributed by atoms with Crippen LogP contribution in [0.1, 0.15) is 32.1 Å². The first-order valence-electron chi connectivity index (χ1n) is 4.55. The van der Waals surface area contributed by atoms with Crippen molar-refractivity contribution in [3.8, 4) is 0 Å². The summed E-state index contributed by atoms with van der Waals surface area (Å²) >= 11 is 0. The number of allylic oxidation sites excluding steroid dienone is 2. The zero-order valence-electron chi connectivity index (χ0n) is 7.62. The van der Waals surface area contributed by atoms with Crippen LogP contribution in [0, 0.1) is 0 Å². The maximum absolute atomic E-state index is 10.2. The largest absolute Gasteiger partial charge is 0.350 e. The number of carbonyl (C=O) groups is 1. The van der Waals surface area contributed by atoms with Crippen molar-refractivity contribution in [1.82, 2.24) is 5.43 Å². The van der Waals surface area contributed by atoms with Gasteiger partial charge in [0.15, 0.2) is 0 Å². The predicted octanol–water partition coefficient (Wildman–Crippen LogP) is 1.53. The van der Waals surface area contributed by atoms with E-state index in [0.29, 0.717) is 0 Å². The second kappa shape index (κ2) is 5.35. The number of rotatable bonds is 2. The molecule has 1 rings (SSSR count). The Kier molecular flexibility index (Phi) is 4.02. The lowest BCUT2D eigenvalue weighted by Crippen LogP contribution is -2.24. The monoisotopic (exact) mass is 181 g/mol. The summed E-state index contributed by atoms with van der Waals surface area (Å²) in [6.07, 6.45) is 9.71. The topological polar surface area (TPSA) is 67.5 Å². The Labute approximate surface area is 77.9 Å². The number of nitrogens with zero attached hydrogens (tertiary/aromatic N) is 1. The average molecular weight is 181 g/mol. The summed E-state index contributed by atoms with van der Waals surface area (Å²) in [5.74, 6) is 0. The normalized spacial score (nSPS) is 17.4. The molecule has 0 aromatic carbocycles. The van der Waals surface area contributed by atoms with Gasteiger partial charge in [0, 0.05) is 6.21 Å². The minimum absolute atomic E-state index is 0.627. The maximum Gasteiger partial charge on any atom is 0.332 e. The highest BCUT2D eigenvalue weighted by molar-refractivity contribution is 5.76. The van der Waals surface area contributed by atoms with Gasteiger partial charge in [0.1, 0.15) is 0 Å². The summed E-state index contributed by atoms with van der Waals surface area (Å²) in [5, 5.41) is 3.64. The van der Waals surface area contributed by atoms with Gasteiger partial charge >= 0.3 is 6.03 Å². The highest BCUT2D eigenvalue weighted by Crippen LogP contribution is 2.21. The maximum atomic E-state index is 10.2. The molecule has 1 fully saturated rings. The molecule has 0 saturated heterocycles. The van der Waals surface area contributed by atoms with Gasteiger partial charge in [0.05, 0.1) is 0 Å². The Bertz CT molecular complexity index is 225. The molecule has 0 unspecified atom stereocenters. The second-order valence-corrected chi connectivity index (χ2v) is 3.14. The lowest BCUT2D eigenvalue weighted by molar-refractivity contribution is 0.249. The van der Waals surface area contributed by atoms with E-state index >= 15 is 0 Å². The number of hydrogen-bond donors (Lipinski definition) is 2. The molecule has 0 atom stereocenters. The molecule has 0 aliphatic heterocycles. The molecule has 0 spiro atoms. The number of nitrogens with one attached hydrogen (secondary N) is 1. The van der Waals surface area contributed by atoms with Crippen LogP contribution in [0.15, 0.2) is 16.8 Å². The molecule has 0 aromatic heterocycles. The fourth-order valence-corrected chi connectivity index (χ4v) is 1.42. The Hall–Kier alpha value is -1.32. The third-order valence-electron chi connectivity index (χ3n) is 2.06. The molecule has 0 heterocycles. The van der Waals surface area contributed by atoms with Gasteiger partial charge in [0.2, 0.25) is 0 Å². The zero-order valence-corrected chi connectivity index (χ0v) is 7.62. The van der Waals surface area contributed by atoms with E-state index in [0.717, 1.165) is 12.8 Å². The lowest BCUT2D eigenvalue weighted by Gasteiger charge is -2.11. The first-order chi connectivity index (χ1) is 6.29. The van der Waals surface area contributed by atoms with E-state index in [1.807, 2.05) is 6.08 Å². The van der Waals surface area contributed by atoms with E-state index in [1.54, 1.807) is 6.21 Å². The van der Waals surface area contributed by atoms with Gasteiger partial charge in [-0.25, -0.2) is 10.2 Å². The predicted molar refractivity (Wildman–Crippen MR) is 52.4 cm³/mol. The first kappa shape index (κ1) is 9.77. The highest BCUT2D eigenvalue weighted by Gasteiger charge is 2.03. The molecule has 72 valence electrons. The van der Waals surface area contributed by atoms with E-state index in [9.17, 15) is 4.79 Å². The summed E-state index contributed by atoms with van der Waals surface area (Å²) in [6, 6.07) is -0.627. The van der Waals surface area contributed by atoms with E-state index in [1.165, 1.54) is 24.8 Å². The van der Waals surface area contributed by atoms with Crippen LogP contribution in [0.25, 0.3) is 0 Å². The molecule has 13 heavy (non-hydrogen) atoms. The number of hydrazone groups is 1. The molecule has 4 nitrogen and oxygen atoms in total. The molecular weight excluding hydrogens is 166 g/mol. The van der Waals surface area contributed by atoms with Gasteiger partial charge in [-0.05, 0) is 31.8 Å². The number of nitrogens with two attached hydrogens (primary N) is 1. The molecule has 0 bridgehead atoms. The minimum atomic E-state index is -0.627. The van der Waals surface area contributed by atoms with Crippen molar-refractivity contribution < 1.29 is 4.79 Å². The summed E-state index contributed by atoms with van der Waals surface area (Å²) in [5.41, 5.74) is 8.38. The summed E-state index contributed by atoms with van der Waals surface area (Å²) in [6.45, 7) is 0. The lowest BCUT2D eigenvalue weighted by atomic mass is 9.95. The Morgan fingerprint density at radius 1 is 1.38 bits per heavy atom. The number of amides is 2. The summed E-state index contributed by atoms with van der Waals surface area (Å²) < 4.78 is 0.